The van der Waals surface area contributed by atoms with Crippen LogP contribution in [0.5, 0.6) is 5.75 Å². The van der Waals surface area contributed by atoms with Gasteiger partial charge in [-0.15, -0.1) is 0 Å². The molecule has 3 rings (SSSR count). The van der Waals surface area contributed by atoms with Crippen LogP contribution in [0.1, 0.15) is 77.6 Å². The Labute approximate surface area is 241 Å². The number of carbonyl (C=O) groups is 1. The van der Waals surface area contributed by atoms with Crippen molar-refractivity contribution in [2.75, 3.05) is 19.8 Å². The third-order valence-electron chi connectivity index (χ3n) is 6.83. The van der Waals surface area contributed by atoms with Crippen molar-refractivity contribution >= 4 is 12.0 Å². The molecule has 4 heteroatoms. The molecule has 0 aliphatic carbocycles. The number of carbonyl (C=O) groups excluding carboxylic acids is 1. The topological polar surface area (TPSA) is 44.8 Å². The fraction of sp³-hybridized carbons (Fsp3) is 0.417. The van der Waals surface area contributed by atoms with Crippen LogP contribution in [0.25, 0.3) is 17.2 Å². The molecule has 0 saturated heterocycles. The molecule has 0 amide bonds. The van der Waals surface area contributed by atoms with Gasteiger partial charge < -0.3 is 14.2 Å². The summed E-state index contributed by atoms with van der Waals surface area (Å²) in [4.78, 5) is 12.1. The van der Waals surface area contributed by atoms with E-state index in [0.29, 0.717) is 26.2 Å². The number of rotatable bonds is 11. The molecule has 214 valence electrons. The highest BCUT2D eigenvalue weighted by molar-refractivity contribution is 5.75. The van der Waals surface area contributed by atoms with Crippen LogP contribution in [-0.2, 0) is 31.5 Å². The van der Waals surface area contributed by atoms with E-state index in [1.54, 1.807) is 6.92 Å². The number of ether oxygens (including phenoxy) is 3. The van der Waals surface area contributed by atoms with Gasteiger partial charge in [0.15, 0.2) is 6.10 Å². The van der Waals surface area contributed by atoms with Crippen LogP contribution in [0.4, 0.5) is 0 Å². The highest BCUT2D eigenvalue weighted by Gasteiger charge is 2.21. The van der Waals surface area contributed by atoms with Gasteiger partial charge in [-0.05, 0) is 76.3 Å². The number of hydrogen-bond donors (Lipinski definition) is 0. The van der Waals surface area contributed by atoms with Crippen LogP contribution in [0.2, 0.25) is 0 Å². The zero-order valence-corrected chi connectivity index (χ0v) is 25.5. The molecule has 0 N–H and O–H groups in total. The van der Waals surface area contributed by atoms with Gasteiger partial charge in [-0.3, -0.25) is 0 Å². The lowest BCUT2D eigenvalue weighted by Gasteiger charge is -2.26. The molecule has 0 aliphatic heterocycles. The fourth-order valence-electron chi connectivity index (χ4n) is 4.36. The molecule has 0 spiro atoms. The van der Waals surface area contributed by atoms with Gasteiger partial charge in [-0.1, -0.05) is 102 Å². The molecular formula is C36H46O4. The van der Waals surface area contributed by atoms with Gasteiger partial charge in [-0.25, -0.2) is 4.79 Å². The van der Waals surface area contributed by atoms with Gasteiger partial charge in [0.05, 0.1) is 6.61 Å². The number of benzene rings is 3. The first-order valence-electron chi connectivity index (χ1n) is 14.3. The first kappa shape index (κ1) is 31.2. The maximum absolute atomic E-state index is 12.1. The first-order chi connectivity index (χ1) is 18.9. The molecule has 3 aromatic carbocycles. The van der Waals surface area contributed by atoms with Gasteiger partial charge in [0.25, 0.3) is 0 Å². The van der Waals surface area contributed by atoms with Crippen molar-refractivity contribution in [3.05, 3.63) is 95.1 Å². The second-order valence-corrected chi connectivity index (χ2v) is 12.2. The zero-order valence-electron chi connectivity index (χ0n) is 25.5. The second-order valence-electron chi connectivity index (χ2n) is 12.2. The minimum absolute atomic E-state index is 0.0908. The summed E-state index contributed by atoms with van der Waals surface area (Å²) in [7, 11) is 0. The van der Waals surface area contributed by atoms with Gasteiger partial charge in [0.1, 0.15) is 12.4 Å². The standard InChI is InChI=1S/C36H46O4/c1-9-38-33(34(37)39-10-2)22-27-15-19-32(20-16-27)40-21-11-12-26-13-17-28(18-14-26)29-23-30(35(3,4)5)25-31(24-29)36(6,7)8/h11-20,23-25,33H,9-10,21-22H2,1-8H3/b12-11+/t33-/m0/s1. The largest absolute Gasteiger partial charge is 0.490 e. The van der Waals surface area contributed by atoms with E-state index >= 15 is 0 Å². The van der Waals surface area contributed by atoms with Gasteiger partial charge >= 0.3 is 5.97 Å². The minimum atomic E-state index is -0.589. The van der Waals surface area contributed by atoms with E-state index in [9.17, 15) is 4.79 Å². The molecule has 0 fully saturated rings. The van der Waals surface area contributed by atoms with Gasteiger partial charge in [-0.2, -0.15) is 0 Å². The van der Waals surface area contributed by atoms with Gasteiger partial charge in [0, 0.05) is 13.0 Å². The Hall–Kier alpha value is -3.37. The van der Waals surface area contributed by atoms with Crippen molar-refractivity contribution < 1.29 is 19.0 Å². The van der Waals surface area contributed by atoms with E-state index in [-0.39, 0.29) is 16.8 Å². The average molecular weight is 543 g/mol. The molecule has 40 heavy (non-hydrogen) atoms. The molecule has 0 bridgehead atoms. The first-order valence-corrected chi connectivity index (χ1v) is 14.3. The Bertz CT molecular complexity index is 1220. The lowest BCUT2D eigenvalue weighted by molar-refractivity contribution is -0.156. The van der Waals surface area contributed by atoms with E-state index in [1.807, 2.05) is 37.3 Å². The summed E-state index contributed by atoms with van der Waals surface area (Å²) in [5.74, 6) is 0.456. The maximum atomic E-state index is 12.1. The summed E-state index contributed by atoms with van der Waals surface area (Å²) < 4.78 is 16.6. The number of esters is 1. The third kappa shape index (κ3) is 9.09. The Kier molecular flexibility index (Phi) is 10.8. The lowest BCUT2D eigenvalue weighted by Crippen LogP contribution is -2.28. The summed E-state index contributed by atoms with van der Waals surface area (Å²) in [5.41, 5.74) is 7.51. The molecule has 0 radical (unpaired) electrons. The van der Waals surface area contributed by atoms with Crippen LogP contribution in [0.15, 0.2) is 72.8 Å². The molecule has 0 aromatic heterocycles. The molecule has 0 aliphatic rings. The van der Waals surface area contributed by atoms with E-state index < -0.39 is 6.10 Å². The molecule has 4 nitrogen and oxygen atoms in total. The van der Waals surface area contributed by atoms with Gasteiger partial charge in [0.2, 0.25) is 0 Å². The summed E-state index contributed by atoms with van der Waals surface area (Å²) in [6.07, 6.45) is 3.98. The molecule has 1 atom stereocenters. The number of hydrogen-bond acceptors (Lipinski definition) is 4. The van der Waals surface area contributed by atoms with Crippen LogP contribution >= 0.6 is 0 Å². The Morgan fingerprint density at radius 3 is 1.90 bits per heavy atom. The van der Waals surface area contributed by atoms with E-state index in [2.05, 4.69) is 90.1 Å². The van der Waals surface area contributed by atoms with Crippen molar-refractivity contribution in [2.24, 2.45) is 0 Å². The van der Waals surface area contributed by atoms with E-state index in [4.69, 9.17) is 14.2 Å². The van der Waals surface area contributed by atoms with Crippen LogP contribution in [-0.4, -0.2) is 31.9 Å². The Balaban J connectivity index is 1.60. The molecule has 0 heterocycles. The average Bonchev–Trinajstić information content (AvgIpc) is 2.91. The molecule has 0 unspecified atom stereocenters. The SMILES string of the molecule is CCOC(=O)[C@H](Cc1ccc(OC/C=C/c2ccc(-c3cc(C(C)(C)C)cc(C(C)(C)C)c3)cc2)cc1)OCC. The summed E-state index contributed by atoms with van der Waals surface area (Å²) in [6, 6.07) is 23.5. The van der Waals surface area contributed by atoms with Crippen molar-refractivity contribution in [1.82, 2.24) is 0 Å². The predicted octanol–water partition coefficient (Wildman–Crippen LogP) is 8.55. The van der Waals surface area contributed by atoms with E-state index in [0.717, 1.165) is 16.9 Å². The normalized spacial score (nSPS) is 12.9. The molecule has 0 saturated carbocycles. The minimum Gasteiger partial charge on any atom is -0.490 e. The smallest absolute Gasteiger partial charge is 0.335 e. The summed E-state index contributed by atoms with van der Waals surface area (Å²) >= 11 is 0. The Morgan fingerprint density at radius 2 is 1.38 bits per heavy atom. The second kappa shape index (κ2) is 13.8. The highest BCUT2D eigenvalue weighted by atomic mass is 16.6. The predicted molar refractivity (Wildman–Crippen MR) is 166 cm³/mol. The quantitative estimate of drug-likeness (QED) is 0.228. The highest BCUT2D eigenvalue weighted by Crippen LogP contribution is 2.34. The van der Waals surface area contributed by atoms with Crippen molar-refractivity contribution in [1.29, 1.82) is 0 Å². The lowest BCUT2D eigenvalue weighted by atomic mass is 9.79. The maximum Gasteiger partial charge on any atom is 0.335 e. The third-order valence-corrected chi connectivity index (χ3v) is 6.83. The van der Waals surface area contributed by atoms with Crippen molar-refractivity contribution in [3.63, 3.8) is 0 Å². The van der Waals surface area contributed by atoms with Crippen molar-refractivity contribution in [3.8, 4) is 16.9 Å². The van der Waals surface area contributed by atoms with E-state index in [1.165, 1.54) is 22.3 Å². The van der Waals surface area contributed by atoms with Crippen molar-refractivity contribution in [2.45, 2.75) is 78.7 Å². The molecule has 3 aromatic rings. The summed E-state index contributed by atoms with van der Waals surface area (Å²) in [5, 5.41) is 0. The van der Waals surface area contributed by atoms with Crippen LogP contribution in [0.3, 0.4) is 0 Å². The molecular weight excluding hydrogens is 496 g/mol. The summed E-state index contributed by atoms with van der Waals surface area (Å²) in [6.45, 7) is 18.6. The Morgan fingerprint density at radius 1 is 0.775 bits per heavy atom. The fourth-order valence-corrected chi connectivity index (χ4v) is 4.36. The van der Waals surface area contributed by atoms with Crippen LogP contribution in [0, 0.1) is 0 Å². The monoisotopic (exact) mass is 542 g/mol. The zero-order chi connectivity index (χ0) is 29.3. The van der Waals surface area contributed by atoms with Crippen LogP contribution < -0.4 is 4.74 Å².